The summed E-state index contributed by atoms with van der Waals surface area (Å²) in [6.07, 6.45) is 0.576. The van der Waals surface area contributed by atoms with E-state index in [1.807, 2.05) is 24.6 Å². The molecule has 0 unspecified atom stereocenters. The summed E-state index contributed by atoms with van der Waals surface area (Å²) in [5.41, 5.74) is 2.68. The fourth-order valence-corrected chi connectivity index (χ4v) is 2.09. The lowest BCUT2D eigenvalue weighted by atomic mass is 10.1. The highest BCUT2D eigenvalue weighted by atomic mass is 19.1. The van der Waals surface area contributed by atoms with E-state index in [0.29, 0.717) is 11.9 Å². The number of benzene rings is 1. The first-order valence-electron chi connectivity index (χ1n) is 5.00. The smallest absolute Gasteiger partial charge is 0.147 e. The molecule has 80 valence electrons. The van der Waals surface area contributed by atoms with Gasteiger partial charge in [0.15, 0.2) is 0 Å². The third-order valence-electron chi connectivity index (χ3n) is 2.95. The van der Waals surface area contributed by atoms with Crippen LogP contribution in [0.25, 0.3) is 10.9 Å². The van der Waals surface area contributed by atoms with Gasteiger partial charge in [0.25, 0.3) is 0 Å². The number of aromatic nitrogens is 1. The lowest BCUT2D eigenvalue weighted by Gasteiger charge is -1.99. The molecule has 2 nitrogen and oxygen atoms in total. The van der Waals surface area contributed by atoms with E-state index in [-0.39, 0.29) is 12.4 Å². The molecule has 1 heterocycles. The maximum Gasteiger partial charge on any atom is 0.147 e. The van der Waals surface area contributed by atoms with Gasteiger partial charge >= 0.3 is 0 Å². The summed E-state index contributed by atoms with van der Waals surface area (Å²) in [5.74, 6) is -0.206. The minimum absolute atomic E-state index is 0.0937. The van der Waals surface area contributed by atoms with Gasteiger partial charge in [-0.3, -0.25) is 0 Å². The van der Waals surface area contributed by atoms with E-state index >= 15 is 0 Å². The van der Waals surface area contributed by atoms with Crippen LogP contribution < -0.4 is 0 Å². The van der Waals surface area contributed by atoms with Crippen LogP contribution in [0.3, 0.4) is 0 Å². The highest BCUT2D eigenvalue weighted by Crippen LogP contribution is 2.27. The SMILES string of the molecule is Cc1c(CCO)c2cccc(F)c2n1C. The fraction of sp³-hybridized carbons (Fsp3) is 0.333. The molecular formula is C12H14FNO. The minimum atomic E-state index is -0.206. The summed E-state index contributed by atoms with van der Waals surface area (Å²) < 4.78 is 15.4. The van der Waals surface area contributed by atoms with Gasteiger partial charge in [-0.1, -0.05) is 12.1 Å². The van der Waals surface area contributed by atoms with E-state index in [4.69, 9.17) is 5.11 Å². The van der Waals surface area contributed by atoms with Crippen LogP contribution in [0.15, 0.2) is 18.2 Å². The van der Waals surface area contributed by atoms with Gasteiger partial charge in [-0.2, -0.15) is 0 Å². The van der Waals surface area contributed by atoms with Crippen LogP contribution in [0.2, 0.25) is 0 Å². The van der Waals surface area contributed by atoms with Crippen molar-refractivity contribution in [2.75, 3.05) is 6.61 Å². The Morgan fingerprint density at radius 3 is 2.80 bits per heavy atom. The number of hydrogen-bond donors (Lipinski definition) is 1. The summed E-state index contributed by atoms with van der Waals surface area (Å²) in [5, 5.41) is 9.89. The zero-order chi connectivity index (χ0) is 11.0. The van der Waals surface area contributed by atoms with Crippen molar-refractivity contribution < 1.29 is 9.50 Å². The molecule has 2 rings (SSSR count). The number of rotatable bonds is 2. The van der Waals surface area contributed by atoms with Gasteiger partial charge in [-0.15, -0.1) is 0 Å². The highest BCUT2D eigenvalue weighted by molar-refractivity contribution is 5.86. The van der Waals surface area contributed by atoms with Crippen molar-refractivity contribution in [1.29, 1.82) is 0 Å². The van der Waals surface area contributed by atoms with Crippen LogP contribution in [0.1, 0.15) is 11.3 Å². The number of aliphatic hydroxyl groups is 1. The summed E-state index contributed by atoms with van der Waals surface area (Å²) in [7, 11) is 1.85. The Balaban J connectivity index is 2.81. The number of hydrogen-bond acceptors (Lipinski definition) is 1. The Morgan fingerprint density at radius 1 is 1.40 bits per heavy atom. The third kappa shape index (κ3) is 1.43. The van der Waals surface area contributed by atoms with Crippen molar-refractivity contribution in [2.45, 2.75) is 13.3 Å². The van der Waals surface area contributed by atoms with E-state index in [0.717, 1.165) is 16.6 Å². The van der Waals surface area contributed by atoms with Gasteiger partial charge in [-0.25, -0.2) is 4.39 Å². The second kappa shape index (κ2) is 3.66. The maximum absolute atomic E-state index is 13.6. The molecule has 2 aromatic rings. The molecule has 15 heavy (non-hydrogen) atoms. The highest BCUT2D eigenvalue weighted by Gasteiger charge is 2.13. The van der Waals surface area contributed by atoms with Crippen LogP contribution in [-0.2, 0) is 13.5 Å². The molecule has 0 saturated carbocycles. The lowest BCUT2D eigenvalue weighted by molar-refractivity contribution is 0.299. The van der Waals surface area contributed by atoms with Crippen molar-refractivity contribution in [3.8, 4) is 0 Å². The van der Waals surface area contributed by atoms with Gasteiger partial charge in [0.05, 0.1) is 5.52 Å². The van der Waals surface area contributed by atoms with Gasteiger partial charge in [-0.05, 0) is 25.0 Å². The standard InChI is InChI=1S/C12H14FNO/c1-8-9(6-7-15)10-4-3-5-11(13)12(10)14(8)2/h3-5,15H,6-7H2,1-2H3. The molecular weight excluding hydrogens is 193 g/mol. The number of para-hydroxylation sites is 1. The van der Waals surface area contributed by atoms with Gasteiger partial charge < -0.3 is 9.67 Å². The Labute approximate surface area is 88.0 Å². The molecule has 0 fully saturated rings. The zero-order valence-corrected chi connectivity index (χ0v) is 8.92. The number of halogens is 1. The topological polar surface area (TPSA) is 25.2 Å². The van der Waals surface area contributed by atoms with Crippen molar-refractivity contribution >= 4 is 10.9 Å². The van der Waals surface area contributed by atoms with Crippen LogP contribution in [0.4, 0.5) is 4.39 Å². The van der Waals surface area contributed by atoms with Crippen LogP contribution in [0.5, 0.6) is 0 Å². The molecule has 0 radical (unpaired) electrons. The summed E-state index contributed by atoms with van der Waals surface area (Å²) in [4.78, 5) is 0. The second-order valence-corrected chi connectivity index (χ2v) is 3.73. The summed E-state index contributed by atoms with van der Waals surface area (Å²) in [6, 6.07) is 5.07. The first kappa shape index (κ1) is 10.2. The van der Waals surface area contributed by atoms with Gasteiger partial charge in [0.1, 0.15) is 5.82 Å². The van der Waals surface area contributed by atoms with Crippen molar-refractivity contribution in [3.63, 3.8) is 0 Å². The second-order valence-electron chi connectivity index (χ2n) is 3.73. The average Bonchev–Trinajstić information content (AvgIpc) is 2.45. The molecule has 0 bridgehead atoms. The third-order valence-corrected chi connectivity index (χ3v) is 2.95. The van der Waals surface area contributed by atoms with E-state index in [1.165, 1.54) is 6.07 Å². The molecule has 0 aliphatic rings. The Morgan fingerprint density at radius 2 is 2.13 bits per heavy atom. The minimum Gasteiger partial charge on any atom is -0.396 e. The average molecular weight is 207 g/mol. The van der Waals surface area contributed by atoms with E-state index in [2.05, 4.69) is 0 Å². The predicted molar refractivity (Wildman–Crippen MR) is 58.4 cm³/mol. The van der Waals surface area contributed by atoms with Crippen LogP contribution in [-0.4, -0.2) is 16.3 Å². The van der Waals surface area contributed by atoms with Crippen LogP contribution in [0, 0.1) is 12.7 Å². The molecule has 1 aromatic heterocycles. The molecule has 0 aliphatic heterocycles. The van der Waals surface area contributed by atoms with E-state index in [9.17, 15) is 4.39 Å². The van der Waals surface area contributed by atoms with Crippen molar-refractivity contribution in [1.82, 2.24) is 4.57 Å². The fourth-order valence-electron chi connectivity index (χ4n) is 2.09. The van der Waals surface area contributed by atoms with Gasteiger partial charge in [0.2, 0.25) is 0 Å². The molecule has 1 N–H and O–H groups in total. The Bertz CT molecular complexity index is 502. The molecule has 0 amide bonds. The zero-order valence-electron chi connectivity index (χ0n) is 8.92. The molecule has 1 aromatic carbocycles. The lowest BCUT2D eigenvalue weighted by Crippen LogP contribution is -1.95. The number of aryl methyl sites for hydroxylation is 1. The maximum atomic E-state index is 13.6. The largest absolute Gasteiger partial charge is 0.396 e. The molecule has 0 aliphatic carbocycles. The molecule has 3 heteroatoms. The number of nitrogens with zero attached hydrogens (tertiary/aromatic N) is 1. The predicted octanol–water partition coefficient (Wildman–Crippen LogP) is 2.16. The Kier molecular flexibility index (Phi) is 2.49. The van der Waals surface area contributed by atoms with E-state index in [1.54, 1.807) is 6.07 Å². The Hall–Kier alpha value is -1.35. The van der Waals surface area contributed by atoms with Crippen molar-refractivity contribution in [3.05, 3.63) is 35.3 Å². The molecule has 0 spiro atoms. The van der Waals surface area contributed by atoms with Gasteiger partial charge in [0, 0.05) is 24.7 Å². The monoisotopic (exact) mass is 207 g/mol. The summed E-state index contributed by atoms with van der Waals surface area (Å²) in [6.45, 7) is 2.04. The normalized spacial score (nSPS) is 11.2. The molecule has 0 saturated heterocycles. The first-order valence-corrected chi connectivity index (χ1v) is 5.00. The van der Waals surface area contributed by atoms with Crippen molar-refractivity contribution in [2.24, 2.45) is 7.05 Å². The quantitative estimate of drug-likeness (QED) is 0.802. The van der Waals surface area contributed by atoms with Crippen LogP contribution >= 0.6 is 0 Å². The first-order chi connectivity index (χ1) is 7.16. The molecule has 0 atom stereocenters. The summed E-state index contributed by atoms with van der Waals surface area (Å²) >= 11 is 0. The van der Waals surface area contributed by atoms with E-state index < -0.39 is 0 Å². The number of aliphatic hydroxyl groups excluding tert-OH is 1. The number of fused-ring (bicyclic) bond motifs is 1.